The first-order chi connectivity index (χ1) is 8.50. The number of ketones is 1. The van der Waals surface area contributed by atoms with Crippen molar-refractivity contribution in [2.75, 3.05) is 0 Å². The maximum Gasteiger partial charge on any atom is 0.170 e. The normalized spacial score (nSPS) is 10.7. The third-order valence-corrected chi connectivity index (χ3v) is 3.34. The standard InChI is InChI=1S/C13H14ClN3O/c1-8-13(9(2)17(3)16-8)12(18)6-10-4-5-15-7-11(10)14/h4-5,7H,6H2,1-3H3. The van der Waals surface area contributed by atoms with Gasteiger partial charge in [0.2, 0.25) is 0 Å². The summed E-state index contributed by atoms with van der Waals surface area (Å²) in [5.74, 6) is 0.0335. The van der Waals surface area contributed by atoms with Gasteiger partial charge in [0.25, 0.3) is 0 Å². The molecule has 0 bridgehead atoms. The van der Waals surface area contributed by atoms with Crippen molar-refractivity contribution in [3.8, 4) is 0 Å². The molecule has 2 rings (SSSR count). The maximum absolute atomic E-state index is 12.3. The van der Waals surface area contributed by atoms with Crippen LogP contribution >= 0.6 is 11.6 Å². The molecule has 0 fully saturated rings. The Kier molecular flexibility index (Phi) is 3.48. The minimum absolute atomic E-state index is 0.0335. The van der Waals surface area contributed by atoms with E-state index >= 15 is 0 Å². The first-order valence-corrected chi connectivity index (χ1v) is 6.00. The van der Waals surface area contributed by atoms with Crippen LogP contribution < -0.4 is 0 Å². The Morgan fingerprint density at radius 1 is 1.44 bits per heavy atom. The second-order valence-electron chi connectivity index (χ2n) is 4.24. The smallest absolute Gasteiger partial charge is 0.170 e. The number of carbonyl (C=O) groups is 1. The molecule has 0 aromatic carbocycles. The number of carbonyl (C=O) groups excluding carboxylic acids is 1. The molecule has 0 aliphatic carbocycles. The van der Waals surface area contributed by atoms with Crippen LogP contribution in [0.4, 0.5) is 0 Å². The lowest BCUT2D eigenvalue weighted by Crippen LogP contribution is -2.07. The predicted octanol–water partition coefficient (Wildman–Crippen LogP) is 2.51. The quantitative estimate of drug-likeness (QED) is 0.800. The molecule has 0 radical (unpaired) electrons. The van der Waals surface area contributed by atoms with Crippen molar-refractivity contribution in [2.45, 2.75) is 20.3 Å². The molecule has 18 heavy (non-hydrogen) atoms. The van der Waals surface area contributed by atoms with E-state index in [1.165, 1.54) is 0 Å². The van der Waals surface area contributed by atoms with Gasteiger partial charge in [0, 0.05) is 31.6 Å². The Balaban J connectivity index is 2.31. The molecule has 94 valence electrons. The summed E-state index contributed by atoms with van der Waals surface area (Å²) in [4.78, 5) is 16.2. The SMILES string of the molecule is Cc1nn(C)c(C)c1C(=O)Cc1ccncc1Cl. The molecule has 2 heterocycles. The van der Waals surface area contributed by atoms with Gasteiger partial charge in [0.15, 0.2) is 5.78 Å². The van der Waals surface area contributed by atoms with Crippen LogP contribution in [-0.4, -0.2) is 20.5 Å². The van der Waals surface area contributed by atoms with Crippen LogP contribution in [0.1, 0.15) is 27.3 Å². The summed E-state index contributed by atoms with van der Waals surface area (Å²) >= 11 is 6.01. The molecule has 0 saturated carbocycles. The fourth-order valence-corrected chi connectivity index (χ4v) is 2.17. The second kappa shape index (κ2) is 4.90. The highest BCUT2D eigenvalue weighted by Crippen LogP contribution is 2.19. The molecule has 5 heteroatoms. The lowest BCUT2D eigenvalue weighted by atomic mass is 10.0. The monoisotopic (exact) mass is 263 g/mol. The van der Waals surface area contributed by atoms with Crippen LogP contribution in [0.5, 0.6) is 0 Å². The van der Waals surface area contributed by atoms with Crippen molar-refractivity contribution >= 4 is 17.4 Å². The third kappa shape index (κ3) is 2.29. The molecule has 0 saturated heterocycles. The molecule has 0 N–H and O–H groups in total. The number of pyridine rings is 1. The minimum Gasteiger partial charge on any atom is -0.294 e. The van der Waals surface area contributed by atoms with Gasteiger partial charge in [-0.05, 0) is 25.5 Å². The van der Waals surface area contributed by atoms with Crippen LogP contribution in [0.3, 0.4) is 0 Å². The van der Waals surface area contributed by atoms with Crippen molar-refractivity contribution < 1.29 is 4.79 Å². The largest absolute Gasteiger partial charge is 0.294 e. The van der Waals surface area contributed by atoms with E-state index in [0.29, 0.717) is 10.6 Å². The van der Waals surface area contributed by atoms with E-state index in [4.69, 9.17) is 11.6 Å². The summed E-state index contributed by atoms with van der Waals surface area (Å²) in [6, 6.07) is 1.77. The van der Waals surface area contributed by atoms with E-state index in [1.807, 2.05) is 20.9 Å². The topological polar surface area (TPSA) is 47.8 Å². The van der Waals surface area contributed by atoms with Gasteiger partial charge in [-0.1, -0.05) is 11.6 Å². The molecule has 0 aliphatic rings. The highest BCUT2D eigenvalue weighted by atomic mass is 35.5. The van der Waals surface area contributed by atoms with Gasteiger partial charge >= 0.3 is 0 Å². The molecule has 2 aromatic rings. The Morgan fingerprint density at radius 2 is 2.17 bits per heavy atom. The number of halogens is 1. The van der Waals surface area contributed by atoms with E-state index in [1.54, 1.807) is 23.1 Å². The molecular formula is C13H14ClN3O. The Morgan fingerprint density at radius 3 is 2.72 bits per heavy atom. The maximum atomic E-state index is 12.3. The van der Waals surface area contributed by atoms with Crippen LogP contribution in [0.2, 0.25) is 5.02 Å². The Labute approximate surface area is 111 Å². The van der Waals surface area contributed by atoms with Gasteiger partial charge in [-0.15, -0.1) is 0 Å². The number of rotatable bonds is 3. The highest BCUT2D eigenvalue weighted by molar-refractivity contribution is 6.31. The van der Waals surface area contributed by atoms with Gasteiger partial charge in [-0.25, -0.2) is 0 Å². The van der Waals surface area contributed by atoms with Crippen LogP contribution in [0.25, 0.3) is 0 Å². The van der Waals surface area contributed by atoms with Gasteiger partial charge < -0.3 is 0 Å². The van der Waals surface area contributed by atoms with Gasteiger partial charge in [0.1, 0.15) is 0 Å². The first kappa shape index (κ1) is 12.8. The Hall–Kier alpha value is -1.68. The average Bonchev–Trinajstić information content (AvgIpc) is 2.56. The van der Waals surface area contributed by atoms with Gasteiger partial charge in [0.05, 0.1) is 16.3 Å². The van der Waals surface area contributed by atoms with E-state index in [-0.39, 0.29) is 12.2 Å². The minimum atomic E-state index is 0.0335. The lowest BCUT2D eigenvalue weighted by molar-refractivity contribution is 0.0991. The van der Waals surface area contributed by atoms with Crippen molar-refractivity contribution in [2.24, 2.45) is 7.05 Å². The third-order valence-electron chi connectivity index (χ3n) is 3.00. The number of aryl methyl sites for hydroxylation is 2. The summed E-state index contributed by atoms with van der Waals surface area (Å²) in [6.45, 7) is 3.73. The molecule has 0 aliphatic heterocycles. The number of hydrogen-bond acceptors (Lipinski definition) is 3. The molecule has 2 aromatic heterocycles. The molecule has 0 unspecified atom stereocenters. The second-order valence-corrected chi connectivity index (χ2v) is 4.64. The summed E-state index contributed by atoms with van der Waals surface area (Å²) in [5, 5.41) is 4.76. The first-order valence-electron chi connectivity index (χ1n) is 5.62. The zero-order valence-corrected chi connectivity index (χ0v) is 11.3. The van der Waals surface area contributed by atoms with Crippen molar-refractivity contribution in [3.05, 3.63) is 46.0 Å². The van der Waals surface area contributed by atoms with Crippen LogP contribution in [0.15, 0.2) is 18.5 Å². The summed E-state index contributed by atoms with van der Waals surface area (Å²) < 4.78 is 1.72. The van der Waals surface area contributed by atoms with E-state index < -0.39 is 0 Å². The molecular weight excluding hydrogens is 250 g/mol. The zero-order chi connectivity index (χ0) is 13.3. The van der Waals surface area contributed by atoms with Gasteiger partial charge in [-0.3, -0.25) is 14.5 Å². The van der Waals surface area contributed by atoms with E-state index in [0.717, 1.165) is 17.0 Å². The lowest BCUT2D eigenvalue weighted by Gasteiger charge is -2.03. The number of hydrogen-bond donors (Lipinski definition) is 0. The van der Waals surface area contributed by atoms with Crippen molar-refractivity contribution in [1.29, 1.82) is 0 Å². The van der Waals surface area contributed by atoms with Gasteiger partial charge in [-0.2, -0.15) is 5.10 Å². The molecule has 0 atom stereocenters. The van der Waals surface area contributed by atoms with E-state index in [9.17, 15) is 4.79 Å². The average molecular weight is 264 g/mol. The summed E-state index contributed by atoms with van der Waals surface area (Å²) in [7, 11) is 1.83. The zero-order valence-electron chi connectivity index (χ0n) is 10.6. The number of nitrogens with zero attached hydrogens (tertiary/aromatic N) is 3. The molecule has 0 spiro atoms. The fourth-order valence-electron chi connectivity index (χ4n) is 1.99. The van der Waals surface area contributed by atoms with Crippen molar-refractivity contribution in [1.82, 2.24) is 14.8 Å². The highest BCUT2D eigenvalue weighted by Gasteiger charge is 2.18. The fraction of sp³-hybridized carbons (Fsp3) is 0.308. The molecule has 0 amide bonds. The summed E-state index contributed by atoms with van der Waals surface area (Å²) in [5.41, 5.74) is 3.11. The van der Waals surface area contributed by atoms with Crippen LogP contribution in [-0.2, 0) is 13.5 Å². The van der Waals surface area contributed by atoms with E-state index in [2.05, 4.69) is 10.1 Å². The predicted molar refractivity (Wildman–Crippen MR) is 70.0 cm³/mol. The van der Waals surface area contributed by atoms with Crippen LogP contribution in [0, 0.1) is 13.8 Å². The number of aromatic nitrogens is 3. The molecule has 4 nitrogen and oxygen atoms in total. The Bertz CT molecular complexity index is 604. The number of Topliss-reactive ketones (excluding diaryl/α,β-unsaturated/α-hetero) is 1. The van der Waals surface area contributed by atoms with Crippen molar-refractivity contribution in [3.63, 3.8) is 0 Å². The summed E-state index contributed by atoms with van der Waals surface area (Å²) in [6.07, 6.45) is 3.46.